The second-order valence-electron chi connectivity index (χ2n) is 25.6. The Bertz CT molecular complexity index is 4070. The zero-order valence-electron chi connectivity index (χ0n) is 57.5. The lowest BCUT2D eigenvalue weighted by atomic mass is 9.98. The number of fused-ring (bicyclic) bond motifs is 6. The van der Waals surface area contributed by atoms with Gasteiger partial charge in [-0.25, -0.2) is 9.59 Å². The molecule has 8 atom stereocenters. The van der Waals surface area contributed by atoms with Crippen molar-refractivity contribution in [2.75, 3.05) is 53.6 Å². The fourth-order valence-corrected chi connectivity index (χ4v) is 13.4. The highest BCUT2D eigenvalue weighted by molar-refractivity contribution is 5.93. The van der Waals surface area contributed by atoms with Crippen LogP contribution in [0.2, 0.25) is 0 Å². The molecule has 12 rings (SSSR count). The first-order chi connectivity index (χ1) is 49.6. The highest BCUT2D eigenvalue weighted by Gasteiger charge is 2.42. The lowest BCUT2D eigenvalue weighted by Gasteiger charge is -2.33. The van der Waals surface area contributed by atoms with E-state index in [0.29, 0.717) is 50.3 Å². The summed E-state index contributed by atoms with van der Waals surface area (Å²) < 4.78 is 39.2. The molecule has 4 aliphatic rings. The SMILES string of the molecule is C[C@@H](OCC#CC#CCO[C@H](C)[C@H](NC(=O)[C@H](C)N(C)C(=O)OCC1c2ccccc2-c2ccccc21)C(=O)N1CCC[C@H]1Cn1nnnc1Oc1ccccc1)[C@H](NC(=O)[C@H](C)N(C)C(=O)OCC1c2ccccc2-c2ccccc21)C(=O)N1CCC[C@H]1Cn1nnnc1Oc1ccccc1. The monoisotopic (exact) mass is 1380 g/mol. The highest BCUT2D eigenvalue weighted by atomic mass is 16.6. The van der Waals surface area contributed by atoms with Crippen LogP contribution in [0.1, 0.15) is 87.5 Å². The number of nitrogens with one attached hydrogen (secondary N) is 2. The number of ether oxygens (including phenoxy) is 6. The number of amides is 6. The fourth-order valence-electron chi connectivity index (χ4n) is 13.4. The Morgan fingerprint density at radius 3 is 1.20 bits per heavy atom. The summed E-state index contributed by atoms with van der Waals surface area (Å²) in [6.45, 7) is 7.14. The quantitative estimate of drug-likeness (QED) is 0.0482. The molecule has 6 aromatic carbocycles. The number of para-hydroxylation sites is 2. The molecule has 0 radical (unpaired) electrons. The number of benzene rings is 6. The van der Waals surface area contributed by atoms with Gasteiger partial charge in [0.2, 0.25) is 23.6 Å². The summed E-state index contributed by atoms with van der Waals surface area (Å²) in [6, 6.07) is 44.9. The van der Waals surface area contributed by atoms with E-state index in [1.54, 1.807) is 61.8 Å². The number of rotatable bonds is 26. The van der Waals surface area contributed by atoms with Gasteiger partial charge in [-0.3, -0.25) is 29.0 Å². The first-order valence-corrected chi connectivity index (χ1v) is 34.2. The van der Waals surface area contributed by atoms with Gasteiger partial charge in [-0.05, 0) is 155 Å². The number of aromatic nitrogens is 8. The first-order valence-electron chi connectivity index (χ1n) is 34.2. The Kier molecular flexibility index (Phi) is 22.5. The number of carbonyl (C=O) groups is 6. The number of likely N-dealkylation sites (tertiary alicyclic amines) is 2. The number of nitrogens with zero attached hydrogens (tertiary/aromatic N) is 12. The number of tetrazole rings is 2. The van der Waals surface area contributed by atoms with E-state index in [-0.39, 0.29) is 63.4 Å². The van der Waals surface area contributed by atoms with E-state index in [0.717, 1.165) is 44.5 Å². The Morgan fingerprint density at radius 1 is 0.490 bits per heavy atom. The summed E-state index contributed by atoms with van der Waals surface area (Å²) in [5.41, 5.74) is 8.46. The molecular formula is C76H80N14O12. The van der Waals surface area contributed by atoms with Gasteiger partial charge in [0.25, 0.3) is 0 Å². The van der Waals surface area contributed by atoms with Gasteiger partial charge < -0.3 is 48.9 Å². The lowest BCUT2D eigenvalue weighted by molar-refractivity contribution is -0.142. The maximum Gasteiger partial charge on any atom is 0.410 e. The molecule has 2 fully saturated rings. The molecule has 26 nitrogen and oxygen atoms in total. The number of carbonyl (C=O) groups excluding carboxylic acids is 6. The van der Waals surface area contributed by atoms with Crippen LogP contribution in [-0.4, -0.2) is 198 Å². The lowest BCUT2D eigenvalue weighted by Crippen LogP contribution is -2.58. The third kappa shape index (κ3) is 16.1. The van der Waals surface area contributed by atoms with Gasteiger partial charge in [0.05, 0.1) is 37.4 Å². The van der Waals surface area contributed by atoms with Crippen molar-refractivity contribution in [3.8, 4) is 69.5 Å². The predicted octanol–water partition coefficient (Wildman–Crippen LogP) is 8.25. The van der Waals surface area contributed by atoms with Crippen LogP contribution < -0.4 is 20.1 Å². The van der Waals surface area contributed by atoms with Gasteiger partial charge in [0, 0.05) is 39.0 Å². The molecule has 8 aromatic rings. The van der Waals surface area contributed by atoms with Crippen molar-refractivity contribution in [2.24, 2.45) is 0 Å². The summed E-state index contributed by atoms with van der Waals surface area (Å²) in [6.07, 6.45) is -0.877. The van der Waals surface area contributed by atoms with Crippen molar-refractivity contribution >= 4 is 35.8 Å². The van der Waals surface area contributed by atoms with Crippen LogP contribution in [0.15, 0.2) is 158 Å². The molecule has 2 N–H and O–H groups in total. The average molecular weight is 1380 g/mol. The molecular weight excluding hydrogens is 1300 g/mol. The molecule has 6 amide bonds. The fraction of sp³-hybridized carbons (Fsp3) is 0.368. The summed E-state index contributed by atoms with van der Waals surface area (Å²) in [7, 11) is 2.94. The van der Waals surface area contributed by atoms with E-state index in [1.165, 1.54) is 33.3 Å². The summed E-state index contributed by atoms with van der Waals surface area (Å²) in [5, 5.41) is 30.0. The maximum absolute atomic E-state index is 14.9. The van der Waals surface area contributed by atoms with E-state index < -0.39 is 84.3 Å². The molecule has 0 bridgehead atoms. The zero-order chi connectivity index (χ0) is 71.2. The van der Waals surface area contributed by atoms with Crippen molar-refractivity contribution in [3.05, 3.63) is 180 Å². The molecule has 2 saturated heterocycles. The van der Waals surface area contributed by atoms with Crippen LogP contribution in [0, 0.1) is 23.7 Å². The molecule has 4 heterocycles. The van der Waals surface area contributed by atoms with Gasteiger partial charge in [-0.2, -0.15) is 9.36 Å². The van der Waals surface area contributed by atoms with Crippen LogP contribution >= 0.6 is 0 Å². The zero-order valence-corrected chi connectivity index (χ0v) is 57.5. The maximum atomic E-state index is 14.9. The van der Waals surface area contributed by atoms with Crippen molar-refractivity contribution < 1.29 is 57.2 Å². The summed E-state index contributed by atoms with van der Waals surface area (Å²) in [5.74, 6) is 9.76. The van der Waals surface area contributed by atoms with Gasteiger partial charge in [-0.1, -0.05) is 155 Å². The second kappa shape index (κ2) is 32.7. The number of hydrogen-bond donors (Lipinski definition) is 2. The molecule has 0 spiro atoms. The third-order valence-electron chi connectivity index (χ3n) is 19.3. The van der Waals surface area contributed by atoms with Crippen LogP contribution in [0.25, 0.3) is 22.3 Å². The third-order valence-corrected chi connectivity index (χ3v) is 19.3. The Morgan fingerprint density at radius 2 is 0.833 bits per heavy atom. The topological polar surface area (TPSA) is 282 Å². The van der Waals surface area contributed by atoms with Gasteiger partial charge >= 0.3 is 24.2 Å². The van der Waals surface area contributed by atoms with Crippen LogP contribution in [0.4, 0.5) is 9.59 Å². The average Bonchev–Trinajstić information content (AvgIpc) is 1.62. The first kappa shape index (κ1) is 70.4. The number of hydrogen-bond acceptors (Lipinski definition) is 18. The van der Waals surface area contributed by atoms with Crippen LogP contribution in [-0.2, 0) is 51.2 Å². The molecule has 0 unspecified atom stereocenters. The molecule has 26 heteroatoms. The van der Waals surface area contributed by atoms with Crippen LogP contribution in [0.5, 0.6) is 23.5 Å². The van der Waals surface area contributed by atoms with E-state index in [9.17, 15) is 28.8 Å². The van der Waals surface area contributed by atoms with Crippen molar-refractivity contribution in [1.82, 2.24) is 70.6 Å². The minimum atomic E-state index is -1.26. The van der Waals surface area contributed by atoms with Crippen LogP contribution in [0.3, 0.4) is 0 Å². The van der Waals surface area contributed by atoms with E-state index in [2.05, 4.69) is 65.4 Å². The summed E-state index contributed by atoms with van der Waals surface area (Å²) in [4.78, 5) is 91.9. The Balaban J connectivity index is 0.699. The van der Waals surface area contributed by atoms with Gasteiger partial charge in [0.15, 0.2) is 0 Å². The van der Waals surface area contributed by atoms with Crippen molar-refractivity contribution in [1.29, 1.82) is 0 Å². The van der Waals surface area contributed by atoms with Crippen molar-refractivity contribution in [3.63, 3.8) is 0 Å². The molecule has 526 valence electrons. The molecule has 0 saturated carbocycles. The standard InChI is InChI=1S/C76H80N14O12/c1-49(85(5)75(95)99-47-65-61-37-19-15-33-57(61)58-34-16-20-38-62(58)65)69(91)77-67(71(93)87-41-25-27-53(87)45-89-73(79-81-83-89)101-55-29-11-9-12-30-55)51(3)97-43-23-7-8-24-44-98-52(4)68(72(94)88-42-26-28-54(88)46-90-74(80-82-84-90)102-56-31-13-10-14-32-56)78-70(92)50(2)86(6)76(96)100-48-66-63-39-21-17-35-59(63)60-36-18-22-40-64(60)66/h9-22,29-40,49-54,65-68H,25-28,41-48H2,1-6H3,(H,77,91)(H,78,92)/t49-,50-,51+,52+,53-,54-,67-,68-/m0/s1. The smallest absolute Gasteiger partial charge is 0.410 e. The van der Waals surface area contributed by atoms with E-state index in [4.69, 9.17) is 28.4 Å². The number of likely N-dealkylation sites (N-methyl/N-ethyl adjacent to an activating group) is 2. The highest BCUT2D eigenvalue weighted by Crippen LogP contribution is 2.46. The van der Waals surface area contributed by atoms with Crippen molar-refractivity contribution in [2.45, 2.75) is 127 Å². The molecule has 2 aliphatic heterocycles. The second-order valence-corrected chi connectivity index (χ2v) is 25.6. The normalized spacial score (nSPS) is 16.7. The van der Waals surface area contributed by atoms with Gasteiger partial charge in [-0.15, -0.1) is 0 Å². The largest absolute Gasteiger partial charge is 0.448 e. The van der Waals surface area contributed by atoms with Gasteiger partial charge in [0.1, 0.15) is 62.1 Å². The molecule has 2 aliphatic carbocycles. The van der Waals surface area contributed by atoms with E-state index >= 15 is 0 Å². The minimum absolute atomic E-state index is 0.0406. The molecule has 2 aromatic heterocycles. The predicted molar refractivity (Wildman–Crippen MR) is 373 cm³/mol. The summed E-state index contributed by atoms with van der Waals surface area (Å²) >= 11 is 0. The Hall–Kier alpha value is -11.5. The van der Waals surface area contributed by atoms with E-state index in [1.807, 2.05) is 133 Å². The Labute approximate surface area is 590 Å². The minimum Gasteiger partial charge on any atom is -0.448 e. The molecule has 102 heavy (non-hydrogen) atoms.